The SMILES string of the molecule is O=C(Cn1c(=O)nc(-c2ccccc2F)c2cc(Cl)ccc21)Nc1cc(F)ccc1F. The molecular formula is C22H13ClF3N3O2. The largest absolute Gasteiger partial charge is 0.349 e. The minimum absolute atomic E-state index is 0.0773. The van der Waals surface area contributed by atoms with E-state index in [2.05, 4.69) is 10.3 Å². The van der Waals surface area contributed by atoms with Gasteiger partial charge < -0.3 is 5.32 Å². The van der Waals surface area contributed by atoms with Crippen molar-refractivity contribution < 1.29 is 18.0 Å². The Balaban J connectivity index is 1.79. The zero-order valence-corrected chi connectivity index (χ0v) is 16.5. The zero-order valence-electron chi connectivity index (χ0n) is 15.7. The third-order valence-electron chi connectivity index (χ3n) is 4.58. The van der Waals surface area contributed by atoms with Crippen LogP contribution in [0.2, 0.25) is 5.02 Å². The summed E-state index contributed by atoms with van der Waals surface area (Å²) in [4.78, 5) is 29.1. The van der Waals surface area contributed by atoms with Crippen LogP contribution in [0.4, 0.5) is 18.9 Å². The molecule has 0 atom stereocenters. The molecule has 156 valence electrons. The van der Waals surface area contributed by atoms with E-state index in [1.807, 2.05) is 0 Å². The average molecular weight is 444 g/mol. The number of rotatable bonds is 4. The van der Waals surface area contributed by atoms with Gasteiger partial charge in [0.1, 0.15) is 24.0 Å². The predicted octanol–water partition coefficient (Wildman–Crippen LogP) is 4.77. The first kappa shape index (κ1) is 20.6. The van der Waals surface area contributed by atoms with E-state index >= 15 is 0 Å². The van der Waals surface area contributed by atoms with Crippen LogP contribution in [0.15, 0.2) is 65.5 Å². The molecule has 0 aliphatic carbocycles. The van der Waals surface area contributed by atoms with E-state index < -0.39 is 35.6 Å². The summed E-state index contributed by atoms with van der Waals surface area (Å²) in [5, 5.41) is 2.90. The molecule has 1 N–H and O–H groups in total. The Labute approximate surface area is 178 Å². The van der Waals surface area contributed by atoms with Crippen LogP contribution in [0, 0.1) is 17.5 Å². The highest BCUT2D eigenvalue weighted by molar-refractivity contribution is 6.31. The number of fused-ring (bicyclic) bond motifs is 1. The molecule has 1 heterocycles. The lowest BCUT2D eigenvalue weighted by molar-refractivity contribution is -0.116. The van der Waals surface area contributed by atoms with Gasteiger partial charge in [0.25, 0.3) is 0 Å². The Hall–Kier alpha value is -3.65. The number of halogens is 4. The number of anilines is 1. The van der Waals surface area contributed by atoms with E-state index in [1.165, 1.54) is 36.4 Å². The summed E-state index contributed by atoms with van der Waals surface area (Å²) in [6, 6.07) is 12.9. The summed E-state index contributed by atoms with van der Waals surface area (Å²) in [6.45, 7) is -0.530. The third kappa shape index (κ3) is 4.15. The van der Waals surface area contributed by atoms with Crippen molar-refractivity contribution in [3.05, 3.63) is 93.6 Å². The normalized spacial score (nSPS) is 11.0. The Bertz CT molecular complexity index is 1390. The van der Waals surface area contributed by atoms with Crippen molar-refractivity contribution in [1.82, 2.24) is 9.55 Å². The summed E-state index contributed by atoms with van der Waals surface area (Å²) in [7, 11) is 0. The minimum Gasteiger partial charge on any atom is -0.322 e. The number of amides is 1. The van der Waals surface area contributed by atoms with Crippen LogP contribution < -0.4 is 11.0 Å². The first-order valence-electron chi connectivity index (χ1n) is 9.03. The van der Waals surface area contributed by atoms with E-state index in [-0.39, 0.29) is 22.5 Å². The van der Waals surface area contributed by atoms with E-state index in [0.29, 0.717) is 10.4 Å². The molecular weight excluding hydrogens is 431 g/mol. The molecule has 4 aromatic rings. The standard InChI is InChI=1S/C22H13ClF3N3O2/c23-12-5-8-19-15(9-12)21(14-3-1-2-4-16(14)25)28-22(31)29(19)11-20(30)27-18-10-13(24)6-7-17(18)26/h1-10H,11H2,(H,27,30). The average Bonchev–Trinajstić information content (AvgIpc) is 2.73. The van der Waals surface area contributed by atoms with Gasteiger partial charge in [-0.15, -0.1) is 0 Å². The van der Waals surface area contributed by atoms with Gasteiger partial charge in [0, 0.05) is 22.0 Å². The molecule has 0 unspecified atom stereocenters. The van der Waals surface area contributed by atoms with E-state index in [1.54, 1.807) is 6.07 Å². The fourth-order valence-corrected chi connectivity index (χ4v) is 3.36. The number of nitrogens with one attached hydrogen (secondary N) is 1. The van der Waals surface area contributed by atoms with Crippen LogP contribution in [0.5, 0.6) is 0 Å². The van der Waals surface area contributed by atoms with Crippen molar-refractivity contribution in [2.75, 3.05) is 5.32 Å². The van der Waals surface area contributed by atoms with E-state index in [9.17, 15) is 22.8 Å². The van der Waals surface area contributed by atoms with Crippen LogP contribution in [-0.4, -0.2) is 15.5 Å². The maximum absolute atomic E-state index is 14.3. The molecule has 5 nitrogen and oxygen atoms in total. The molecule has 3 aromatic carbocycles. The fourth-order valence-electron chi connectivity index (χ4n) is 3.19. The molecule has 0 saturated heterocycles. The summed E-state index contributed by atoms with van der Waals surface area (Å²) < 4.78 is 42.5. The number of carbonyl (C=O) groups excluding carboxylic acids is 1. The van der Waals surface area contributed by atoms with Gasteiger partial charge >= 0.3 is 5.69 Å². The van der Waals surface area contributed by atoms with E-state index in [4.69, 9.17) is 11.6 Å². The molecule has 0 bridgehead atoms. The second kappa shape index (κ2) is 8.23. The number of nitrogens with zero attached hydrogens (tertiary/aromatic N) is 2. The van der Waals surface area contributed by atoms with Crippen LogP contribution in [0.3, 0.4) is 0 Å². The lowest BCUT2D eigenvalue weighted by Crippen LogP contribution is -2.30. The van der Waals surface area contributed by atoms with Gasteiger partial charge in [-0.2, -0.15) is 4.98 Å². The topological polar surface area (TPSA) is 64.0 Å². The van der Waals surface area contributed by atoms with Crippen LogP contribution >= 0.6 is 11.6 Å². The highest BCUT2D eigenvalue weighted by Gasteiger charge is 2.17. The zero-order chi connectivity index (χ0) is 22.1. The van der Waals surface area contributed by atoms with Crippen molar-refractivity contribution in [3.8, 4) is 11.3 Å². The maximum atomic E-state index is 14.3. The molecule has 31 heavy (non-hydrogen) atoms. The smallest absolute Gasteiger partial charge is 0.322 e. The van der Waals surface area contributed by atoms with Crippen LogP contribution in [0.25, 0.3) is 22.2 Å². The number of hydrogen-bond donors (Lipinski definition) is 1. The number of carbonyl (C=O) groups is 1. The predicted molar refractivity (Wildman–Crippen MR) is 111 cm³/mol. The summed E-state index contributed by atoms with van der Waals surface area (Å²) >= 11 is 6.09. The number of benzene rings is 3. The molecule has 0 radical (unpaired) electrons. The lowest BCUT2D eigenvalue weighted by atomic mass is 10.1. The van der Waals surface area contributed by atoms with Gasteiger partial charge in [-0.1, -0.05) is 23.7 Å². The molecule has 4 rings (SSSR count). The molecule has 0 fully saturated rings. The highest BCUT2D eigenvalue weighted by atomic mass is 35.5. The van der Waals surface area contributed by atoms with Crippen LogP contribution in [-0.2, 0) is 11.3 Å². The van der Waals surface area contributed by atoms with Crippen LogP contribution in [0.1, 0.15) is 0 Å². The van der Waals surface area contributed by atoms with Gasteiger partial charge in [0.2, 0.25) is 5.91 Å². The van der Waals surface area contributed by atoms with Gasteiger partial charge in [-0.05, 0) is 42.5 Å². The third-order valence-corrected chi connectivity index (χ3v) is 4.81. The highest BCUT2D eigenvalue weighted by Crippen LogP contribution is 2.29. The quantitative estimate of drug-likeness (QED) is 0.494. The minimum atomic E-state index is -0.827. The maximum Gasteiger partial charge on any atom is 0.349 e. The van der Waals surface area contributed by atoms with E-state index in [0.717, 1.165) is 22.8 Å². The molecule has 9 heteroatoms. The molecule has 1 amide bonds. The lowest BCUT2D eigenvalue weighted by Gasteiger charge is -2.14. The molecule has 0 aliphatic rings. The molecule has 0 spiro atoms. The van der Waals surface area contributed by atoms with Crippen molar-refractivity contribution in [1.29, 1.82) is 0 Å². The second-order valence-electron chi connectivity index (χ2n) is 6.64. The van der Waals surface area contributed by atoms with Crippen molar-refractivity contribution in [3.63, 3.8) is 0 Å². The first-order valence-corrected chi connectivity index (χ1v) is 9.41. The Kier molecular flexibility index (Phi) is 5.48. The Morgan fingerprint density at radius 3 is 2.55 bits per heavy atom. The summed E-state index contributed by atoms with van der Waals surface area (Å²) in [5.41, 5.74) is -0.722. The van der Waals surface area contributed by atoms with Gasteiger partial charge in [-0.3, -0.25) is 9.36 Å². The molecule has 1 aromatic heterocycles. The van der Waals surface area contributed by atoms with Gasteiger partial charge in [0.15, 0.2) is 0 Å². The van der Waals surface area contributed by atoms with Crippen molar-refractivity contribution in [2.45, 2.75) is 6.54 Å². The Morgan fingerprint density at radius 1 is 1.00 bits per heavy atom. The van der Waals surface area contributed by atoms with Gasteiger partial charge in [-0.25, -0.2) is 18.0 Å². The summed E-state index contributed by atoms with van der Waals surface area (Å²) in [5.74, 6) is -2.91. The number of aromatic nitrogens is 2. The summed E-state index contributed by atoms with van der Waals surface area (Å²) in [6.07, 6.45) is 0. The van der Waals surface area contributed by atoms with Gasteiger partial charge in [0.05, 0.1) is 16.9 Å². The number of hydrogen-bond acceptors (Lipinski definition) is 3. The monoisotopic (exact) mass is 443 g/mol. The molecule has 0 saturated carbocycles. The first-order chi connectivity index (χ1) is 14.8. The Morgan fingerprint density at radius 2 is 1.77 bits per heavy atom. The fraction of sp³-hybridized carbons (Fsp3) is 0.0455. The van der Waals surface area contributed by atoms with Crippen molar-refractivity contribution in [2.24, 2.45) is 0 Å². The molecule has 0 aliphatic heterocycles. The second-order valence-corrected chi connectivity index (χ2v) is 7.08. The van der Waals surface area contributed by atoms with Crippen molar-refractivity contribution >= 4 is 34.1 Å².